The van der Waals surface area contributed by atoms with Crippen LogP contribution in [0, 0.1) is 11.8 Å². The minimum Gasteiger partial charge on any atom is -0.302 e. The van der Waals surface area contributed by atoms with Crippen LogP contribution in [-0.2, 0) is 14.6 Å². The van der Waals surface area contributed by atoms with Gasteiger partial charge in [-0.05, 0) is 12.1 Å². The number of sulfone groups is 1. The fraction of sp³-hybridized carbons (Fsp3) is 0.182. The van der Waals surface area contributed by atoms with Crippen LogP contribution in [0.25, 0.3) is 0 Å². The zero-order valence-electron chi connectivity index (χ0n) is 8.23. The molecule has 15 heavy (non-hydrogen) atoms. The first kappa shape index (κ1) is 11.5. The summed E-state index contributed by atoms with van der Waals surface area (Å²) in [7, 11) is -3.26. The molecule has 1 aromatic carbocycles. The van der Waals surface area contributed by atoms with E-state index in [2.05, 4.69) is 11.8 Å². The van der Waals surface area contributed by atoms with Crippen molar-refractivity contribution in [2.45, 2.75) is 11.3 Å². The third-order valence-electron chi connectivity index (χ3n) is 1.69. The number of hydrogen-bond acceptors (Lipinski definition) is 3. The van der Waals surface area contributed by atoms with Gasteiger partial charge < -0.3 is 4.79 Å². The zero-order chi connectivity index (χ0) is 11.3. The minimum absolute atomic E-state index is 0.109. The maximum atomic E-state index is 11.3. The van der Waals surface area contributed by atoms with Crippen LogP contribution in [0.3, 0.4) is 0 Å². The lowest BCUT2D eigenvalue weighted by Gasteiger charge is -2.00. The molecule has 0 atom stereocenters. The molecule has 0 N–H and O–H groups in total. The quantitative estimate of drug-likeness (QED) is 0.554. The van der Waals surface area contributed by atoms with Crippen molar-refractivity contribution in [3.8, 4) is 11.8 Å². The van der Waals surface area contributed by atoms with Gasteiger partial charge in [-0.15, -0.1) is 0 Å². The first-order chi connectivity index (χ1) is 7.05. The summed E-state index contributed by atoms with van der Waals surface area (Å²) in [6, 6.07) is 6.47. The highest BCUT2D eigenvalue weighted by atomic mass is 32.2. The highest BCUT2D eigenvalue weighted by Crippen LogP contribution is 2.13. The molecule has 0 saturated heterocycles. The topological polar surface area (TPSA) is 51.2 Å². The molecule has 0 amide bonds. The second-order valence-electron chi connectivity index (χ2n) is 2.94. The molecular formula is C11H10O3S. The normalized spacial score (nSPS) is 10.2. The van der Waals surface area contributed by atoms with Crippen molar-refractivity contribution < 1.29 is 13.2 Å². The summed E-state index contributed by atoms with van der Waals surface area (Å²) in [6.45, 7) is 0. The Morgan fingerprint density at radius 2 is 2.00 bits per heavy atom. The molecular weight excluding hydrogens is 212 g/mol. The molecule has 0 aliphatic rings. The monoisotopic (exact) mass is 222 g/mol. The van der Waals surface area contributed by atoms with Gasteiger partial charge in [0.25, 0.3) is 0 Å². The highest BCUT2D eigenvalue weighted by Gasteiger charge is 2.10. The SMILES string of the molecule is CS(=O)(=O)c1ccccc1C#CCC=O. The van der Waals surface area contributed by atoms with Gasteiger partial charge in [0.2, 0.25) is 0 Å². The number of aldehydes is 1. The summed E-state index contributed by atoms with van der Waals surface area (Å²) in [5.41, 5.74) is 0.432. The van der Waals surface area contributed by atoms with E-state index in [9.17, 15) is 13.2 Å². The van der Waals surface area contributed by atoms with Gasteiger partial charge in [-0.1, -0.05) is 24.0 Å². The first-order valence-corrected chi connectivity index (χ1v) is 6.16. The van der Waals surface area contributed by atoms with E-state index >= 15 is 0 Å². The molecule has 4 heteroatoms. The van der Waals surface area contributed by atoms with Crippen LogP contribution in [0.2, 0.25) is 0 Å². The molecule has 0 bridgehead atoms. The van der Waals surface area contributed by atoms with Crippen molar-refractivity contribution >= 4 is 16.1 Å². The van der Waals surface area contributed by atoms with Gasteiger partial charge in [-0.25, -0.2) is 8.42 Å². The summed E-state index contributed by atoms with van der Waals surface area (Å²) in [6.07, 6.45) is 1.92. The van der Waals surface area contributed by atoms with Crippen molar-refractivity contribution in [2.75, 3.05) is 6.26 Å². The fourth-order valence-electron chi connectivity index (χ4n) is 1.08. The molecule has 0 heterocycles. The van der Waals surface area contributed by atoms with Crippen LogP contribution in [0.1, 0.15) is 12.0 Å². The molecule has 1 rings (SSSR count). The third kappa shape index (κ3) is 3.22. The zero-order valence-corrected chi connectivity index (χ0v) is 9.04. The molecule has 0 spiro atoms. The molecule has 0 saturated carbocycles. The van der Waals surface area contributed by atoms with Crippen LogP contribution < -0.4 is 0 Å². The summed E-state index contributed by atoms with van der Waals surface area (Å²) >= 11 is 0. The van der Waals surface area contributed by atoms with Crippen molar-refractivity contribution in [3.05, 3.63) is 29.8 Å². The van der Waals surface area contributed by atoms with Gasteiger partial charge >= 0.3 is 0 Å². The molecule has 78 valence electrons. The number of carbonyl (C=O) groups is 1. The average Bonchev–Trinajstić information content (AvgIpc) is 2.17. The van der Waals surface area contributed by atoms with Crippen LogP contribution in [0.15, 0.2) is 29.2 Å². The van der Waals surface area contributed by atoms with Gasteiger partial charge in [0.15, 0.2) is 9.84 Å². The largest absolute Gasteiger partial charge is 0.302 e. The van der Waals surface area contributed by atoms with Gasteiger partial charge in [-0.3, -0.25) is 0 Å². The Labute approximate surface area is 89.0 Å². The molecule has 0 aliphatic carbocycles. The Kier molecular flexibility index (Phi) is 3.64. The van der Waals surface area contributed by atoms with Crippen molar-refractivity contribution in [2.24, 2.45) is 0 Å². The second-order valence-corrected chi connectivity index (χ2v) is 4.93. The molecule has 0 aliphatic heterocycles. The average molecular weight is 222 g/mol. The van der Waals surface area contributed by atoms with E-state index in [1.807, 2.05) is 0 Å². The number of benzene rings is 1. The maximum absolute atomic E-state index is 11.3. The van der Waals surface area contributed by atoms with Crippen LogP contribution in [-0.4, -0.2) is 21.0 Å². The minimum atomic E-state index is -3.26. The standard InChI is InChI=1S/C11H10O3S/c1-15(13,14)11-8-3-2-6-10(11)7-4-5-9-12/h2-3,6,8-9H,5H2,1H3. The number of hydrogen-bond donors (Lipinski definition) is 0. The van der Waals surface area contributed by atoms with Crippen LogP contribution in [0.4, 0.5) is 0 Å². The summed E-state index contributed by atoms with van der Waals surface area (Å²) in [5, 5.41) is 0. The first-order valence-electron chi connectivity index (χ1n) is 4.27. The van der Waals surface area contributed by atoms with Crippen molar-refractivity contribution in [1.29, 1.82) is 0 Å². The maximum Gasteiger partial charge on any atom is 0.176 e. The number of carbonyl (C=O) groups excluding carboxylic acids is 1. The van der Waals surface area contributed by atoms with E-state index in [4.69, 9.17) is 0 Å². The van der Waals surface area contributed by atoms with E-state index in [-0.39, 0.29) is 11.3 Å². The molecule has 1 aromatic rings. The molecule has 0 radical (unpaired) electrons. The Hall–Kier alpha value is -1.60. The molecule has 0 aromatic heterocycles. The van der Waals surface area contributed by atoms with Gasteiger partial charge in [-0.2, -0.15) is 0 Å². The third-order valence-corrected chi connectivity index (χ3v) is 2.85. The Balaban J connectivity index is 3.21. The fourth-order valence-corrected chi connectivity index (χ4v) is 1.93. The predicted octanol–water partition coefficient (Wildman–Crippen LogP) is 1.03. The summed E-state index contributed by atoms with van der Waals surface area (Å²) in [5.74, 6) is 5.24. The Morgan fingerprint density at radius 3 is 2.60 bits per heavy atom. The van der Waals surface area contributed by atoms with Crippen LogP contribution >= 0.6 is 0 Å². The second kappa shape index (κ2) is 4.76. The van der Waals surface area contributed by atoms with Gasteiger partial charge in [0.1, 0.15) is 6.29 Å². The number of rotatable bonds is 2. The van der Waals surface area contributed by atoms with E-state index < -0.39 is 9.84 Å². The van der Waals surface area contributed by atoms with E-state index in [0.29, 0.717) is 11.8 Å². The smallest absolute Gasteiger partial charge is 0.176 e. The van der Waals surface area contributed by atoms with Gasteiger partial charge in [0.05, 0.1) is 11.3 Å². The Morgan fingerprint density at radius 1 is 1.33 bits per heavy atom. The van der Waals surface area contributed by atoms with Crippen molar-refractivity contribution in [1.82, 2.24) is 0 Å². The molecule has 0 fully saturated rings. The lowest BCUT2D eigenvalue weighted by molar-refractivity contribution is -0.107. The molecule has 0 unspecified atom stereocenters. The summed E-state index contributed by atoms with van der Waals surface area (Å²) < 4.78 is 22.7. The Bertz CT molecular complexity index is 518. The predicted molar refractivity (Wildman–Crippen MR) is 57.1 cm³/mol. The lowest BCUT2D eigenvalue weighted by Crippen LogP contribution is -1.99. The molecule has 3 nitrogen and oxygen atoms in total. The summed E-state index contributed by atoms with van der Waals surface area (Å²) in [4.78, 5) is 10.3. The lowest BCUT2D eigenvalue weighted by atomic mass is 10.2. The van der Waals surface area contributed by atoms with E-state index in [1.165, 1.54) is 6.07 Å². The van der Waals surface area contributed by atoms with Crippen LogP contribution in [0.5, 0.6) is 0 Å². The van der Waals surface area contributed by atoms with E-state index in [1.54, 1.807) is 18.2 Å². The van der Waals surface area contributed by atoms with E-state index in [0.717, 1.165) is 6.26 Å². The van der Waals surface area contributed by atoms with Crippen molar-refractivity contribution in [3.63, 3.8) is 0 Å². The van der Waals surface area contributed by atoms with Gasteiger partial charge in [0, 0.05) is 11.8 Å². The highest BCUT2D eigenvalue weighted by molar-refractivity contribution is 7.90.